The number of nitrogens with zero attached hydrogens (tertiary/aromatic N) is 4. The molecule has 0 aliphatic heterocycles. The lowest BCUT2D eigenvalue weighted by atomic mass is 9.82. The van der Waals surface area contributed by atoms with Crippen LogP contribution in [0.25, 0.3) is 11.3 Å². The van der Waals surface area contributed by atoms with Crippen molar-refractivity contribution in [2.75, 3.05) is 5.73 Å². The topological polar surface area (TPSA) is 77.6 Å². The molecule has 0 saturated heterocycles. The molecule has 2 heterocycles. The molecule has 0 radical (unpaired) electrons. The first-order valence-electron chi connectivity index (χ1n) is 7.79. The highest BCUT2D eigenvalue weighted by atomic mass is 15.0. The lowest BCUT2D eigenvalue weighted by Gasteiger charge is -2.24. The summed E-state index contributed by atoms with van der Waals surface area (Å²) in [4.78, 5) is 17.4. The Bertz CT molecular complexity index is 832. The highest BCUT2D eigenvalue weighted by Gasteiger charge is 2.24. The van der Waals surface area contributed by atoms with E-state index in [4.69, 9.17) is 10.7 Å². The van der Waals surface area contributed by atoms with Gasteiger partial charge in [0.2, 0.25) is 0 Å². The van der Waals surface area contributed by atoms with E-state index in [0.717, 1.165) is 36.3 Å². The summed E-state index contributed by atoms with van der Waals surface area (Å²) in [7, 11) is 0. The van der Waals surface area contributed by atoms with Crippen LogP contribution in [-0.4, -0.2) is 19.9 Å². The molecular formula is C18H17N5. The molecule has 0 bridgehead atoms. The molecule has 0 unspecified atom stereocenters. The van der Waals surface area contributed by atoms with E-state index in [1.165, 1.54) is 17.5 Å². The van der Waals surface area contributed by atoms with E-state index in [9.17, 15) is 0 Å². The molecule has 0 saturated carbocycles. The summed E-state index contributed by atoms with van der Waals surface area (Å²) in [5, 5.41) is 0. The van der Waals surface area contributed by atoms with E-state index in [1.807, 2.05) is 0 Å². The molecular weight excluding hydrogens is 286 g/mol. The maximum Gasteiger partial charge on any atom is 0.138 e. The Hall–Kier alpha value is -2.82. The number of hydrogen-bond donors (Lipinski definition) is 1. The quantitative estimate of drug-likeness (QED) is 0.787. The van der Waals surface area contributed by atoms with Crippen LogP contribution in [0.4, 0.5) is 5.82 Å². The van der Waals surface area contributed by atoms with Crippen molar-refractivity contribution in [3.63, 3.8) is 0 Å². The van der Waals surface area contributed by atoms with E-state index in [-0.39, 0.29) is 5.92 Å². The zero-order valence-electron chi connectivity index (χ0n) is 12.7. The number of hydrogen-bond acceptors (Lipinski definition) is 5. The van der Waals surface area contributed by atoms with Crippen molar-refractivity contribution in [3.05, 3.63) is 66.0 Å². The maximum absolute atomic E-state index is 6.03. The van der Waals surface area contributed by atoms with Gasteiger partial charge in [-0.2, -0.15) is 0 Å². The number of anilines is 1. The van der Waals surface area contributed by atoms with Crippen molar-refractivity contribution in [2.24, 2.45) is 0 Å². The predicted molar refractivity (Wildman–Crippen MR) is 88.7 cm³/mol. The molecule has 114 valence electrons. The minimum absolute atomic E-state index is 0.201. The maximum atomic E-state index is 6.03. The summed E-state index contributed by atoms with van der Waals surface area (Å²) < 4.78 is 0. The highest BCUT2D eigenvalue weighted by molar-refractivity contribution is 5.60. The molecule has 4 rings (SSSR count). The summed E-state index contributed by atoms with van der Waals surface area (Å²) in [6.07, 6.45) is 8.30. The number of fused-ring (bicyclic) bond motifs is 1. The van der Waals surface area contributed by atoms with Gasteiger partial charge in [-0.25, -0.2) is 19.9 Å². The van der Waals surface area contributed by atoms with Gasteiger partial charge in [-0.05, 0) is 30.4 Å². The second-order valence-electron chi connectivity index (χ2n) is 5.81. The van der Waals surface area contributed by atoms with Crippen LogP contribution in [0.3, 0.4) is 0 Å². The summed E-state index contributed by atoms with van der Waals surface area (Å²) in [5.74, 6) is 1.47. The number of rotatable bonds is 2. The second-order valence-corrected chi connectivity index (χ2v) is 5.81. The molecule has 1 atom stereocenters. The summed E-state index contributed by atoms with van der Waals surface area (Å²) >= 11 is 0. The molecule has 5 nitrogen and oxygen atoms in total. The lowest BCUT2D eigenvalue weighted by Crippen LogP contribution is -2.15. The molecule has 0 spiro atoms. The standard InChI is InChI=1S/C18H17N5/c19-17-8-16(13-9-20-11-21-10-13)22-18(23-17)15-7-3-5-12-4-1-2-6-14(12)15/h1-2,4,6,8-11,15H,3,5,7H2,(H2,19,22,23)/t15-/m1/s1. The molecule has 0 amide bonds. The first-order valence-corrected chi connectivity index (χ1v) is 7.79. The SMILES string of the molecule is Nc1cc(-c2cncnc2)nc([C@@H]2CCCc3ccccc32)n1. The van der Waals surface area contributed by atoms with Gasteiger partial charge < -0.3 is 5.73 Å². The van der Waals surface area contributed by atoms with Gasteiger partial charge >= 0.3 is 0 Å². The number of aromatic nitrogens is 4. The fraction of sp³-hybridized carbons (Fsp3) is 0.222. The Morgan fingerprint density at radius 1 is 1.04 bits per heavy atom. The van der Waals surface area contributed by atoms with E-state index in [1.54, 1.807) is 18.5 Å². The average Bonchev–Trinajstić information content (AvgIpc) is 2.61. The fourth-order valence-corrected chi connectivity index (χ4v) is 3.24. The van der Waals surface area contributed by atoms with Crippen molar-refractivity contribution < 1.29 is 0 Å². The summed E-state index contributed by atoms with van der Waals surface area (Å²) in [5.41, 5.74) is 10.4. The molecule has 0 fully saturated rings. The Kier molecular flexibility index (Phi) is 3.46. The van der Waals surface area contributed by atoms with E-state index in [0.29, 0.717) is 5.82 Å². The number of nitrogen functional groups attached to an aromatic ring is 1. The molecule has 1 aliphatic carbocycles. The van der Waals surface area contributed by atoms with Gasteiger partial charge in [0.05, 0.1) is 5.69 Å². The van der Waals surface area contributed by atoms with Gasteiger partial charge in [0.15, 0.2) is 0 Å². The Morgan fingerprint density at radius 3 is 2.74 bits per heavy atom. The van der Waals surface area contributed by atoms with E-state index < -0.39 is 0 Å². The van der Waals surface area contributed by atoms with E-state index in [2.05, 4.69) is 39.2 Å². The van der Waals surface area contributed by atoms with Crippen LogP contribution >= 0.6 is 0 Å². The van der Waals surface area contributed by atoms with Gasteiger partial charge in [0, 0.05) is 29.9 Å². The minimum atomic E-state index is 0.201. The number of aryl methyl sites for hydroxylation is 1. The third-order valence-electron chi connectivity index (χ3n) is 4.30. The van der Waals surface area contributed by atoms with Crippen LogP contribution in [0.1, 0.15) is 35.7 Å². The molecule has 1 aromatic carbocycles. The van der Waals surface area contributed by atoms with Gasteiger partial charge in [-0.3, -0.25) is 0 Å². The van der Waals surface area contributed by atoms with Crippen LogP contribution in [0.15, 0.2) is 49.1 Å². The molecule has 5 heteroatoms. The first kappa shape index (κ1) is 13.8. The van der Waals surface area contributed by atoms with Gasteiger partial charge in [0.1, 0.15) is 18.0 Å². The third-order valence-corrected chi connectivity index (χ3v) is 4.30. The van der Waals surface area contributed by atoms with Crippen LogP contribution in [0, 0.1) is 0 Å². The minimum Gasteiger partial charge on any atom is -0.384 e. The normalized spacial score (nSPS) is 16.8. The van der Waals surface area contributed by atoms with Crippen molar-refractivity contribution in [1.29, 1.82) is 0 Å². The Labute approximate surface area is 134 Å². The monoisotopic (exact) mass is 303 g/mol. The first-order chi connectivity index (χ1) is 11.3. The number of benzene rings is 1. The largest absolute Gasteiger partial charge is 0.384 e. The van der Waals surface area contributed by atoms with Crippen molar-refractivity contribution in [1.82, 2.24) is 19.9 Å². The van der Waals surface area contributed by atoms with Crippen molar-refractivity contribution >= 4 is 5.82 Å². The smallest absolute Gasteiger partial charge is 0.138 e. The Morgan fingerprint density at radius 2 is 1.87 bits per heavy atom. The zero-order chi connectivity index (χ0) is 15.6. The summed E-state index contributed by atoms with van der Waals surface area (Å²) in [6, 6.07) is 10.3. The average molecular weight is 303 g/mol. The Balaban J connectivity index is 1.80. The fourth-order valence-electron chi connectivity index (χ4n) is 3.24. The lowest BCUT2D eigenvalue weighted by molar-refractivity contribution is 0.591. The van der Waals surface area contributed by atoms with Gasteiger partial charge in [-0.1, -0.05) is 24.3 Å². The van der Waals surface area contributed by atoms with Gasteiger partial charge in [-0.15, -0.1) is 0 Å². The zero-order valence-corrected chi connectivity index (χ0v) is 12.7. The van der Waals surface area contributed by atoms with Crippen LogP contribution in [0.5, 0.6) is 0 Å². The summed E-state index contributed by atoms with van der Waals surface area (Å²) in [6.45, 7) is 0. The second kappa shape index (κ2) is 5.76. The van der Waals surface area contributed by atoms with Gasteiger partial charge in [0.25, 0.3) is 0 Å². The third kappa shape index (κ3) is 2.65. The van der Waals surface area contributed by atoms with Crippen molar-refractivity contribution in [3.8, 4) is 11.3 Å². The molecule has 2 aromatic heterocycles. The van der Waals surface area contributed by atoms with Crippen molar-refractivity contribution in [2.45, 2.75) is 25.2 Å². The van der Waals surface area contributed by atoms with Crippen LogP contribution < -0.4 is 5.73 Å². The molecule has 1 aliphatic rings. The predicted octanol–water partition coefficient (Wildman–Crippen LogP) is 2.98. The molecule has 2 N–H and O–H groups in total. The van der Waals surface area contributed by atoms with Crippen LogP contribution in [-0.2, 0) is 6.42 Å². The number of nitrogens with two attached hydrogens (primary N) is 1. The van der Waals surface area contributed by atoms with E-state index >= 15 is 0 Å². The molecule has 3 aromatic rings. The molecule has 23 heavy (non-hydrogen) atoms. The highest BCUT2D eigenvalue weighted by Crippen LogP contribution is 2.35. The van der Waals surface area contributed by atoms with Crippen LogP contribution in [0.2, 0.25) is 0 Å².